The van der Waals surface area contributed by atoms with Crippen LogP contribution in [0.5, 0.6) is 17.2 Å². The smallest absolute Gasteiger partial charge is 0.264 e. The van der Waals surface area contributed by atoms with Crippen molar-refractivity contribution >= 4 is 39.1 Å². The summed E-state index contributed by atoms with van der Waals surface area (Å²) in [7, 11) is 0.00971. The number of hydrogen-bond donors (Lipinski definition) is 1. The molecular formula is C29H34ClN3O7S. The van der Waals surface area contributed by atoms with E-state index in [4.69, 9.17) is 25.8 Å². The van der Waals surface area contributed by atoms with Gasteiger partial charge in [0.1, 0.15) is 18.3 Å². The summed E-state index contributed by atoms with van der Waals surface area (Å²) in [5.74, 6) is 0.119. The number of carbonyl (C=O) groups excluding carboxylic acids is 2. The summed E-state index contributed by atoms with van der Waals surface area (Å²) in [6.07, 6.45) is 0. The third-order valence-electron chi connectivity index (χ3n) is 6.34. The summed E-state index contributed by atoms with van der Waals surface area (Å²) >= 11 is 6.02. The molecule has 0 radical (unpaired) electrons. The minimum atomic E-state index is -4.30. The first-order chi connectivity index (χ1) is 19.5. The first-order valence-electron chi connectivity index (χ1n) is 12.8. The van der Waals surface area contributed by atoms with Crippen LogP contribution in [0.15, 0.2) is 71.6 Å². The van der Waals surface area contributed by atoms with Gasteiger partial charge in [0.2, 0.25) is 11.8 Å². The number of likely N-dealkylation sites (N-methyl/N-ethyl adjacent to an activating group) is 1. The Morgan fingerprint density at radius 1 is 0.951 bits per heavy atom. The number of halogens is 1. The van der Waals surface area contributed by atoms with Gasteiger partial charge in [-0.1, -0.05) is 23.7 Å². The van der Waals surface area contributed by atoms with Gasteiger partial charge in [0.25, 0.3) is 10.0 Å². The number of benzene rings is 3. The van der Waals surface area contributed by atoms with E-state index in [1.165, 1.54) is 44.4 Å². The van der Waals surface area contributed by atoms with Gasteiger partial charge in [-0.2, -0.15) is 0 Å². The minimum absolute atomic E-state index is 0.0537. The Kier molecular flexibility index (Phi) is 10.8. The third kappa shape index (κ3) is 7.62. The number of rotatable bonds is 13. The van der Waals surface area contributed by atoms with Crippen molar-refractivity contribution < 1.29 is 32.2 Å². The maximum Gasteiger partial charge on any atom is 0.264 e. The van der Waals surface area contributed by atoms with Crippen LogP contribution in [-0.2, 0) is 26.2 Å². The van der Waals surface area contributed by atoms with E-state index < -0.39 is 34.4 Å². The zero-order valence-electron chi connectivity index (χ0n) is 23.6. The van der Waals surface area contributed by atoms with Crippen molar-refractivity contribution in [2.75, 3.05) is 38.7 Å². The van der Waals surface area contributed by atoms with Crippen LogP contribution >= 0.6 is 11.6 Å². The number of ether oxygens (including phenoxy) is 3. The van der Waals surface area contributed by atoms with Crippen molar-refractivity contribution in [3.05, 3.63) is 77.3 Å². The van der Waals surface area contributed by atoms with E-state index in [9.17, 15) is 18.0 Å². The second kappa shape index (κ2) is 14.1. The molecule has 10 nitrogen and oxygen atoms in total. The Morgan fingerprint density at radius 3 is 2.15 bits per heavy atom. The lowest BCUT2D eigenvalue weighted by molar-refractivity contribution is -0.139. The van der Waals surface area contributed by atoms with E-state index in [0.717, 1.165) is 4.31 Å². The normalized spacial score (nSPS) is 11.8. The van der Waals surface area contributed by atoms with E-state index in [1.807, 2.05) is 6.92 Å². The molecule has 0 heterocycles. The molecule has 0 aliphatic rings. The van der Waals surface area contributed by atoms with E-state index in [-0.39, 0.29) is 22.9 Å². The number of amides is 2. The number of nitrogens with one attached hydrogen (secondary N) is 1. The van der Waals surface area contributed by atoms with Crippen molar-refractivity contribution in [2.24, 2.45) is 0 Å². The number of carbonyl (C=O) groups is 2. The Balaban J connectivity index is 2.07. The molecule has 2 amide bonds. The largest absolute Gasteiger partial charge is 0.494 e. The molecule has 41 heavy (non-hydrogen) atoms. The first-order valence-corrected chi connectivity index (χ1v) is 14.6. The SMILES string of the molecule is CCOc1ccc(N(CC(=O)N(Cc2ccc(Cl)cc2)[C@H](C)C(=O)NC)S(=O)(=O)c2ccc(OC)c(OC)c2)cc1. The van der Waals surface area contributed by atoms with Crippen LogP contribution in [0.3, 0.4) is 0 Å². The molecule has 220 valence electrons. The molecule has 0 fully saturated rings. The topological polar surface area (TPSA) is 114 Å². The molecular weight excluding hydrogens is 570 g/mol. The minimum Gasteiger partial charge on any atom is -0.494 e. The van der Waals surface area contributed by atoms with Gasteiger partial charge < -0.3 is 24.4 Å². The van der Waals surface area contributed by atoms with Gasteiger partial charge in [-0.15, -0.1) is 0 Å². The summed E-state index contributed by atoms with van der Waals surface area (Å²) in [5, 5.41) is 3.07. The monoisotopic (exact) mass is 603 g/mol. The van der Waals surface area contributed by atoms with Crippen molar-refractivity contribution in [1.82, 2.24) is 10.2 Å². The first kappa shape index (κ1) is 31.6. The number of methoxy groups -OCH3 is 2. The molecule has 3 rings (SSSR count). The van der Waals surface area contributed by atoms with E-state index in [2.05, 4.69) is 5.32 Å². The van der Waals surface area contributed by atoms with Crippen LogP contribution in [0.2, 0.25) is 5.02 Å². The van der Waals surface area contributed by atoms with Crippen molar-refractivity contribution in [3.63, 3.8) is 0 Å². The highest BCUT2D eigenvalue weighted by atomic mass is 35.5. The van der Waals surface area contributed by atoms with Crippen molar-refractivity contribution in [3.8, 4) is 17.2 Å². The summed E-state index contributed by atoms with van der Waals surface area (Å²) in [5.41, 5.74) is 0.949. The maximum atomic E-state index is 14.1. The highest BCUT2D eigenvalue weighted by Gasteiger charge is 2.33. The second-order valence-corrected chi connectivity index (χ2v) is 11.2. The van der Waals surface area contributed by atoms with Crippen LogP contribution in [-0.4, -0.2) is 65.6 Å². The van der Waals surface area contributed by atoms with Crippen LogP contribution in [0.25, 0.3) is 0 Å². The van der Waals surface area contributed by atoms with Gasteiger partial charge in [0.05, 0.1) is 31.4 Å². The lowest BCUT2D eigenvalue weighted by Gasteiger charge is -2.32. The highest BCUT2D eigenvalue weighted by molar-refractivity contribution is 7.92. The Bertz CT molecular complexity index is 1450. The summed E-state index contributed by atoms with van der Waals surface area (Å²) in [6, 6.07) is 16.5. The molecule has 1 N–H and O–H groups in total. The van der Waals surface area contributed by atoms with E-state index in [1.54, 1.807) is 55.5 Å². The molecule has 0 spiro atoms. The van der Waals surface area contributed by atoms with Gasteiger partial charge in [-0.25, -0.2) is 8.42 Å². The zero-order valence-corrected chi connectivity index (χ0v) is 25.2. The lowest BCUT2D eigenvalue weighted by atomic mass is 10.1. The highest BCUT2D eigenvalue weighted by Crippen LogP contribution is 2.33. The maximum absolute atomic E-state index is 14.1. The molecule has 0 saturated carbocycles. The van der Waals surface area contributed by atoms with Gasteiger partial charge >= 0.3 is 0 Å². The zero-order chi connectivity index (χ0) is 30.2. The molecule has 0 bridgehead atoms. The summed E-state index contributed by atoms with van der Waals surface area (Å²) in [6.45, 7) is 3.32. The summed E-state index contributed by atoms with van der Waals surface area (Å²) < 4.78 is 45.2. The quantitative estimate of drug-likeness (QED) is 0.313. The predicted octanol–water partition coefficient (Wildman–Crippen LogP) is 4.11. The van der Waals surface area contributed by atoms with Gasteiger partial charge in [0, 0.05) is 24.7 Å². The Hall–Kier alpha value is -3.96. The molecule has 0 aliphatic carbocycles. The van der Waals surface area contributed by atoms with Crippen LogP contribution in [0, 0.1) is 0 Å². The van der Waals surface area contributed by atoms with Gasteiger partial charge in [0.15, 0.2) is 11.5 Å². The van der Waals surface area contributed by atoms with Gasteiger partial charge in [-0.3, -0.25) is 13.9 Å². The third-order valence-corrected chi connectivity index (χ3v) is 8.36. The average molecular weight is 604 g/mol. The van der Waals surface area contributed by atoms with E-state index >= 15 is 0 Å². The fourth-order valence-electron chi connectivity index (χ4n) is 4.09. The molecule has 0 saturated heterocycles. The van der Waals surface area contributed by atoms with Crippen LogP contribution in [0.4, 0.5) is 5.69 Å². The number of sulfonamides is 1. The van der Waals surface area contributed by atoms with Gasteiger partial charge in [-0.05, 0) is 67.9 Å². The Morgan fingerprint density at radius 2 is 1.59 bits per heavy atom. The number of nitrogens with zero attached hydrogens (tertiary/aromatic N) is 2. The number of anilines is 1. The Labute approximate surface area is 245 Å². The average Bonchev–Trinajstić information content (AvgIpc) is 2.98. The van der Waals surface area contributed by atoms with Crippen molar-refractivity contribution in [1.29, 1.82) is 0 Å². The molecule has 0 unspecified atom stereocenters. The van der Waals surface area contributed by atoms with E-state index in [0.29, 0.717) is 28.7 Å². The second-order valence-electron chi connectivity index (χ2n) is 8.89. The molecule has 3 aromatic carbocycles. The molecule has 3 aromatic rings. The fourth-order valence-corrected chi connectivity index (χ4v) is 5.64. The standard InChI is InChI=1S/C29H34ClN3O7S/c1-6-40-24-13-11-23(12-14-24)33(41(36,37)25-15-16-26(38-4)27(17-25)39-5)19-28(34)32(20(2)29(35)31-3)18-21-7-9-22(30)10-8-21/h7-17,20H,6,18-19H2,1-5H3,(H,31,35)/t20-/m1/s1. The van der Waals surface area contributed by atoms with Crippen LogP contribution in [0.1, 0.15) is 19.4 Å². The molecule has 1 atom stereocenters. The summed E-state index contributed by atoms with van der Waals surface area (Å²) in [4.78, 5) is 27.7. The lowest BCUT2D eigenvalue weighted by Crippen LogP contribution is -2.50. The van der Waals surface area contributed by atoms with Crippen LogP contribution < -0.4 is 23.8 Å². The predicted molar refractivity (Wildman–Crippen MR) is 157 cm³/mol. The fraction of sp³-hybridized carbons (Fsp3) is 0.310. The molecule has 0 aliphatic heterocycles. The molecule has 12 heteroatoms. The molecule has 0 aromatic heterocycles. The van der Waals surface area contributed by atoms with Crippen molar-refractivity contribution in [2.45, 2.75) is 31.3 Å². The number of hydrogen-bond acceptors (Lipinski definition) is 7.